The molecule has 0 saturated carbocycles. The molecular weight excluding hydrogens is 655 g/mol. The lowest BCUT2D eigenvalue weighted by molar-refractivity contribution is -0.139. The third kappa shape index (κ3) is 7.94. The minimum Gasteiger partial charge on any atom is -0.461 e. The molecule has 0 aromatic carbocycles. The highest BCUT2D eigenvalue weighted by atomic mass is 19.4. The van der Waals surface area contributed by atoms with Crippen molar-refractivity contribution < 1.29 is 41.0 Å². The molecule has 49 heavy (non-hydrogen) atoms. The molecule has 0 radical (unpaired) electrons. The summed E-state index contributed by atoms with van der Waals surface area (Å²) >= 11 is 0. The fourth-order valence-electron chi connectivity index (χ4n) is 6.33. The van der Waals surface area contributed by atoms with E-state index in [1.54, 1.807) is 25.7 Å². The van der Waals surface area contributed by atoms with E-state index in [9.17, 15) is 36.8 Å². The van der Waals surface area contributed by atoms with Gasteiger partial charge in [0, 0.05) is 38.2 Å². The first-order valence-electron chi connectivity index (χ1n) is 15.8. The van der Waals surface area contributed by atoms with E-state index in [-0.39, 0.29) is 70.5 Å². The molecule has 5 heterocycles. The standard InChI is InChI=1S/C32H37F5N8O4/c1-5-26(46)44-11-10-43(16-20(44)6-8-38)28-22-7-9-42(25-14-39-13-23(34)27(25)32(35,36)37)17-24(22)40-29(41-28)48-18-21-12-19(33)15-45(21)30(47)49-31(2,3)4/h5,13-14,19-21H,1,6-7,9-12,15-18H2,2-4H3/t19?,20-,21?/m0/s1. The molecule has 3 aliphatic heterocycles. The summed E-state index contributed by atoms with van der Waals surface area (Å²) in [4.78, 5) is 44.2. The van der Waals surface area contributed by atoms with Gasteiger partial charge in [0.2, 0.25) is 5.91 Å². The van der Waals surface area contributed by atoms with Gasteiger partial charge in [-0.1, -0.05) is 6.58 Å². The predicted octanol–water partition coefficient (Wildman–Crippen LogP) is 4.44. The van der Waals surface area contributed by atoms with E-state index >= 15 is 0 Å². The normalized spacial score (nSPS) is 21.2. The van der Waals surface area contributed by atoms with Gasteiger partial charge in [-0.05, 0) is 33.3 Å². The van der Waals surface area contributed by atoms with E-state index in [1.807, 2.05) is 4.90 Å². The Balaban J connectivity index is 1.48. The average Bonchev–Trinajstić information content (AvgIpc) is 3.41. The van der Waals surface area contributed by atoms with Crippen LogP contribution < -0.4 is 14.5 Å². The molecule has 12 nitrogen and oxygen atoms in total. The quantitative estimate of drug-likeness (QED) is 0.304. The third-order valence-corrected chi connectivity index (χ3v) is 8.49. The number of carbonyl (C=O) groups is 2. The number of rotatable bonds is 7. The molecule has 17 heteroatoms. The van der Waals surface area contributed by atoms with Crippen molar-refractivity contribution in [1.29, 1.82) is 5.26 Å². The van der Waals surface area contributed by atoms with Crippen molar-refractivity contribution in [3.63, 3.8) is 0 Å². The molecule has 0 bridgehead atoms. The zero-order valence-electron chi connectivity index (χ0n) is 27.3. The van der Waals surface area contributed by atoms with E-state index in [0.717, 1.165) is 6.20 Å². The number of carbonyl (C=O) groups excluding carboxylic acids is 2. The zero-order chi connectivity index (χ0) is 35.7. The van der Waals surface area contributed by atoms with E-state index in [4.69, 9.17) is 9.47 Å². The van der Waals surface area contributed by atoms with Gasteiger partial charge in [0.1, 0.15) is 29.8 Å². The van der Waals surface area contributed by atoms with Crippen LogP contribution in [0.4, 0.5) is 38.3 Å². The number of anilines is 2. The summed E-state index contributed by atoms with van der Waals surface area (Å²) in [6.07, 6.45) is -4.18. The Morgan fingerprint density at radius 3 is 2.51 bits per heavy atom. The number of nitriles is 1. The maximum absolute atomic E-state index is 14.5. The number of ether oxygens (including phenoxy) is 2. The van der Waals surface area contributed by atoms with Gasteiger partial charge in [-0.3, -0.25) is 14.7 Å². The van der Waals surface area contributed by atoms with Crippen molar-refractivity contribution in [3.8, 4) is 12.1 Å². The maximum atomic E-state index is 14.5. The summed E-state index contributed by atoms with van der Waals surface area (Å²) < 4.78 is 82.2. The Labute approximate surface area is 280 Å². The molecule has 2 aromatic rings. The van der Waals surface area contributed by atoms with Crippen molar-refractivity contribution in [2.24, 2.45) is 0 Å². The lowest BCUT2D eigenvalue weighted by Crippen LogP contribution is -2.55. The number of alkyl halides is 4. The van der Waals surface area contributed by atoms with Crippen LogP contribution in [0.3, 0.4) is 0 Å². The predicted molar refractivity (Wildman–Crippen MR) is 166 cm³/mol. The van der Waals surface area contributed by atoms with Crippen LogP contribution in [0, 0.1) is 17.1 Å². The lowest BCUT2D eigenvalue weighted by Gasteiger charge is -2.42. The monoisotopic (exact) mass is 692 g/mol. The second-order valence-electron chi connectivity index (χ2n) is 13.1. The molecule has 2 fully saturated rings. The molecule has 0 N–H and O–H groups in total. The van der Waals surface area contributed by atoms with Gasteiger partial charge in [-0.25, -0.2) is 13.6 Å². The van der Waals surface area contributed by atoms with E-state index in [1.165, 1.54) is 15.9 Å². The number of aromatic nitrogens is 3. The summed E-state index contributed by atoms with van der Waals surface area (Å²) in [7, 11) is 0. The van der Waals surface area contributed by atoms with E-state index in [2.05, 4.69) is 27.6 Å². The number of amides is 2. The number of pyridine rings is 1. The summed E-state index contributed by atoms with van der Waals surface area (Å²) in [6.45, 7) is 8.87. The summed E-state index contributed by atoms with van der Waals surface area (Å²) in [5, 5.41) is 9.48. The molecule has 2 aromatic heterocycles. The highest BCUT2D eigenvalue weighted by Gasteiger charge is 2.41. The van der Waals surface area contributed by atoms with Crippen molar-refractivity contribution in [1.82, 2.24) is 24.8 Å². The molecule has 2 unspecified atom stereocenters. The van der Waals surface area contributed by atoms with E-state index in [0.29, 0.717) is 29.8 Å². The van der Waals surface area contributed by atoms with Crippen LogP contribution in [-0.2, 0) is 28.7 Å². The Hall–Kier alpha value is -4.75. The number of hydrogen-bond donors (Lipinski definition) is 0. The summed E-state index contributed by atoms with van der Waals surface area (Å²) in [5.41, 5.74) is -1.78. The van der Waals surface area contributed by atoms with Gasteiger partial charge < -0.3 is 24.2 Å². The van der Waals surface area contributed by atoms with Crippen LogP contribution in [0.1, 0.15) is 50.4 Å². The third-order valence-electron chi connectivity index (χ3n) is 8.49. The Bertz CT molecular complexity index is 1630. The number of hydrogen-bond acceptors (Lipinski definition) is 10. The SMILES string of the molecule is C=CC(=O)N1CCN(c2nc(OCC3CC(F)CN3C(=O)OC(C)(C)C)nc3c2CCN(c2cncc(F)c2C(F)(F)F)C3)C[C@@H]1CC#N. The lowest BCUT2D eigenvalue weighted by atomic mass is 10.0. The van der Waals surface area contributed by atoms with Crippen molar-refractivity contribution in [2.45, 2.75) is 76.6 Å². The molecule has 3 aliphatic rings. The molecule has 3 atom stereocenters. The fraction of sp³-hybridized carbons (Fsp3) is 0.562. The van der Waals surface area contributed by atoms with Crippen molar-refractivity contribution in [3.05, 3.63) is 47.7 Å². The second kappa shape index (κ2) is 14.0. The Morgan fingerprint density at radius 1 is 1.08 bits per heavy atom. The van der Waals surface area contributed by atoms with Gasteiger partial charge in [-0.15, -0.1) is 0 Å². The van der Waals surface area contributed by atoms with Gasteiger partial charge in [0.25, 0.3) is 0 Å². The number of nitrogens with zero attached hydrogens (tertiary/aromatic N) is 8. The molecule has 5 rings (SSSR count). The van der Waals surface area contributed by atoms with Crippen molar-refractivity contribution >= 4 is 23.5 Å². The zero-order valence-corrected chi connectivity index (χ0v) is 27.3. The van der Waals surface area contributed by atoms with Crippen LogP contribution >= 0.6 is 0 Å². The van der Waals surface area contributed by atoms with Crippen LogP contribution in [0.15, 0.2) is 25.0 Å². The van der Waals surface area contributed by atoms with E-state index < -0.39 is 53.2 Å². The molecular formula is C32H37F5N8O4. The first-order chi connectivity index (χ1) is 23.1. The molecule has 264 valence electrons. The number of halogens is 5. The number of likely N-dealkylation sites (tertiary alicyclic amines) is 1. The minimum absolute atomic E-state index is 0.0211. The maximum Gasteiger partial charge on any atom is 0.421 e. The smallest absolute Gasteiger partial charge is 0.421 e. The Kier molecular flexibility index (Phi) is 10.2. The highest BCUT2D eigenvalue weighted by Crippen LogP contribution is 2.40. The first-order valence-corrected chi connectivity index (χ1v) is 15.8. The van der Waals surface area contributed by atoms with Gasteiger partial charge in [0.15, 0.2) is 5.82 Å². The minimum atomic E-state index is -4.98. The van der Waals surface area contributed by atoms with Crippen LogP contribution in [-0.4, -0.2) is 99.9 Å². The van der Waals surface area contributed by atoms with Gasteiger partial charge >= 0.3 is 18.3 Å². The first kappa shape index (κ1) is 35.6. The second-order valence-corrected chi connectivity index (χ2v) is 13.1. The molecule has 0 aliphatic carbocycles. The molecule has 2 saturated heterocycles. The van der Waals surface area contributed by atoms with Gasteiger partial charge in [-0.2, -0.15) is 28.4 Å². The van der Waals surface area contributed by atoms with Gasteiger partial charge in [0.05, 0.1) is 61.4 Å². The summed E-state index contributed by atoms with van der Waals surface area (Å²) in [5.74, 6) is -1.43. The topological polar surface area (TPSA) is 128 Å². The van der Waals surface area contributed by atoms with Crippen molar-refractivity contribution in [2.75, 3.05) is 49.1 Å². The number of piperazine rings is 1. The molecule has 0 spiro atoms. The van der Waals surface area contributed by atoms with Crippen LogP contribution in [0.2, 0.25) is 0 Å². The fourth-order valence-corrected chi connectivity index (χ4v) is 6.33. The van der Waals surface area contributed by atoms with Crippen LogP contribution in [0.25, 0.3) is 0 Å². The van der Waals surface area contributed by atoms with Crippen LogP contribution in [0.5, 0.6) is 6.01 Å². The molecule has 2 amide bonds. The number of fused-ring (bicyclic) bond motifs is 1. The summed E-state index contributed by atoms with van der Waals surface area (Å²) in [6, 6.07) is 0.708. The average molecular weight is 693 g/mol. The highest BCUT2D eigenvalue weighted by molar-refractivity contribution is 5.87. The largest absolute Gasteiger partial charge is 0.461 e. The Morgan fingerprint density at radius 2 is 1.84 bits per heavy atom.